The maximum Gasteiger partial charge on any atom is 0.146 e. The molecule has 0 aliphatic carbocycles. The summed E-state index contributed by atoms with van der Waals surface area (Å²) in [5, 5.41) is 0. The smallest absolute Gasteiger partial charge is 0.146 e. The van der Waals surface area contributed by atoms with Gasteiger partial charge < -0.3 is 5.73 Å². The van der Waals surface area contributed by atoms with Crippen molar-refractivity contribution in [2.75, 3.05) is 0 Å². The molecule has 0 saturated heterocycles. The predicted molar refractivity (Wildman–Crippen MR) is 78.6 cm³/mol. The monoisotopic (exact) mass is 255 g/mol. The number of hydrogen-bond acceptors (Lipinski definition) is 3. The third-order valence-corrected chi connectivity index (χ3v) is 3.15. The summed E-state index contributed by atoms with van der Waals surface area (Å²) < 4.78 is 0. The van der Waals surface area contributed by atoms with Gasteiger partial charge in [-0.15, -0.1) is 0 Å². The lowest BCUT2D eigenvalue weighted by Gasteiger charge is -2.26. The van der Waals surface area contributed by atoms with Crippen LogP contribution in [0.5, 0.6) is 0 Å². The van der Waals surface area contributed by atoms with Crippen molar-refractivity contribution in [1.82, 2.24) is 9.97 Å². The van der Waals surface area contributed by atoms with Crippen LogP contribution in [0, 0.1) is 12.3 Å². The first-order valence-corrected chi connectivity index (χ1v) is 6.54. The van der Waals surface area contributed by atoms with Gasteiger partial charge in [0.1, 0.15) is 5.82 Å². The van der Waals surface area contributed by atoms with Crippen LogP contribution in [0.3, 0.4) is 0 Å². The highest BCUT2D eigenvalue weighted by atomic mass is 14.9. The summed E-state index contributed by atoms with van der Waals surface area (Å²) in [6.45, 7) is 8.29. The van der Waals surface area contributed by atoms with Crippen molar-refractivity contribution in [1.29, 1.82) is 0 Å². The molecule has 1 aromatic heterocycles. The fourth-order valence-electron chi connectivity index (χ4n) is 1.87. The van der Waals surface area contributed by atoms with Crippen LogP contribution in [-0.4, -0.2) is 9.97 Å². The van der Waals surface area contributed by atoms with Gasteiger partial charge in [0.25, 0.3) is 0 Å². The number of aromatic nitrogens is 2. The fraction of sp³-hybridized carbons (Fsp3) is 0.375. The van der Waals surface area contributed by atoms with Crippen LogP contribution < -0.4 is 5.73 Å². The number of nitrogens with two attached hydrogens (primary N) is 1. The number of rotatable bonds is 2. The summed E-state index contributed by atoms with van der Waals surface area (Å²) in [6, 6.07) is 11.9. The van der Waals surface area contributed by atoms with Crippen molar-refractivity contribution < 1.29 is 0 Å². The molecule has 0 fully saturated rings. The van der Waals surface area contributed by atoms with Crippen LogP contribution in [0.1, 0.15) is 38.3 Å². The van der Waals surface area contributed by atoms with Crippen LogP contribution in [0.25, 0.3) is 11.3 Å². The van der Waals surface area contributed by atoms with Gasteiger partial charge in [-0.05, 0) is 18.4 Å². The van der Waals surface area contributed by atoms with Gasteiger partial charge >= 0.3 is 0 Å². The number of benzene rings is 1. The standard InChI is InChI=1S/C16H21N3/c1-11-10-13(12-8-6-5-7-9-12)19-15(18-11)14(17)16(2,3)4/h5-10,14H,17H2,1-4H3. The summed E-state index contributed by atoms with van der Waals surface area (Å²) in [6.07, 6.45) is 0. The number of hydrogen-bond donors (Lipinski definition) is 1. The molecule has 2 aromatic rings. The van der Waals surface area contributed by atoms with E-state index in [-0.39, 0.29) is 11.5 Å². The van der Waals surface area contributed by atoms with Crippen molar-refractivity contribution >= 4 is 0 Å². The lowest BCUT2D eigenvalue weighted by Crippen LogP contribution is -2.28. The Labute approximate surface area is 114 Å². The van der Waals surface area contributed by atoms with Gasteiger partial charge in [0.05, 0.1) is 11.7 Å². The zero-order valence-corrected chi connectivity index (χ0v) is 12.0. The Morgan fingerprint density at radius 1 is 1.05 bits per heavy atom. The van der Waals surface area contributed by atoms with E-state index in [9.17, 15) is 0 Å². The van der Waals surface area contributed by atoms with E-state index >= 15 is 0 Å². The Bertz CT molecular complexity index is 556. The molecule has 19 heavy (non-hydrogen) atoms. The van der Waals surface area contributed by atoms with Crippen molar-refractivity contribution in [3.8, 4) is 11.3 Å². The Morgan fingerprint density at radius 3 is 2.26 bits per heavy atom. The molecular weight excluding hydrogens is 234 g/mol. The Morgan fingerprint density at radius 2 is 1.68 bits per heavy atom. The highest BCUT2D eigenvalue weighted by Gasteiger charge is 2.25. The minimum absolute atomic E-state index is 0.0538. The van der Waals surface area contributed by atoms with Gasteiger partial charge in [0.15, 0.2) is 0 Å². The lowest BCUT2D eigenvalue weighted by molar-refractivity contribution is 0.315. The van der Waals surface area contributed by atoms with Gasteiger partial charge in [-0.25, -0.2) is 9.97 Å². The highest BCUT2D eigenvalue weighted by molar-refractivity contribution is 5.59. The maximum absolute atomic E-state index is 6.26. The molecule has 2 N–H and O–H groups in total. The fourth-order valence-corrected chi connectivity index (χ4v) is 1.87. The molecular formula is C16H21N3. The second-order valence-electron chi connectivity index (χ2n) is 5.96. The summed E-state index contributed by atoms with van der Waals surface area (Å²) in [5.74, 6) is 0.714. The molecule has 0 spiro atoms. The van der Waals surface area contributed by atoms with E-state index in [4.69, 9.17) is 5.73 Å². The molecule has 3 heteroatoms. The molecule has 1 atom stereocenters. The summed E-state index contributed by atoms with van der Waals surface area (Å²) in [4.78, 5) is 9.12. The molecule has 0 aliphatic heterocycles. The second-order valence-corrected chi connectivity index (χ2v) is 5.96. The zero-order chi connectivity index (χ0) is 14.0. The topological polar surface area (TPSA) is 51.8 Å². The summed E-state index contributed by atoms with van der Waals surface area (Å²) >= 11 is 0. The Balaban J connectivity index is 2.47. The van der Waals surface area contributed by atoms with Crippen molar-refractivity contribution in [2.45, 2.75) is 33.7 Å². The van der Waals surface area contributed by atoms with E-state index < -0.39 is 0 Å². The Kier molecular flexibility index (Phi) is 3.67. The molecule has 0 aliphatic rings. The first kappa shape index (κ1) is 13.7. The first-order chi connectivity index (χ1) is 8.88. The van der Waals surface area contributed by atoms with Gasteiger partial charge in [-0.1, -0.05) is 51.1 Å². The SMILES string of the molecule is Cc1cc(-c2ccccc2)nc(C(N)C(C)(C)C)n1. The lowest BCUT2D eigenvalue weighted by atomic mass is 9.87. The van der Waals surface area contributed by atoms with E-state index in [0.717, 1.165) is 17.0 Å². The summed E-state index contributed by atoms with van der Waals surface area (Å²) in [5.41, 5.74) is 9.18. The van der Waals surface area contributed by atoms with Crippen LogP contribution in [0.15, 0.2) is 36.4 Å². The minimum atomic E-state index is -0.171. The molecule has 3 nitrogen and oxygen atoms in total. The number of nitrogens with zero attached hydrogens (tertiary/aromatic N) is 2. The van der Waals surface area contributed by atoms with Gasteiger partial charge in [0, 0.05) is 11.3 Å². The van der Waals surface area contributed by atoms with E-state index in [2.05, 4.69) is 30.7 Å². The molecule has 1 heterocycles. The zero-order valence-electron chi connectivity index (χ0n) is 12.0. The van der Waals surface area contributed by atoms with Crippen LogP contribution in [0.4, 0.5) is 0 Å². The molecule has 0 saturated carbocycles. The third kappa shape index (κ3) is 3.18. The Hall–Kier alpha value is -1.74. The molecule has 0 radical (unpaired) electrons. The van der Waals surface area contributed by atoms with E-state index in [1.807, 2.05) is 43.3 Å². The average Bonchev–Trinajstić information content (AvgIpc) is 2.37. The predicted octanol–water partition coefficient (Wildman–Crippen LogP) is 3.50. The molecule has 0 amide bonds. The van der Waals surface area contributed by atoms with Crippen molar-refractivity contribution in [2.24, 2.45) is 11.1 Å². The highest BCUT2D eigenvalue weighted by Crippen LogP contribution is 2.29. The molecule has 1 unspecified atom stereocenters. The van der Waals surface area contributed by atoms with Crippen LogP contribution in [0.2, 0.25) is 0 Å². The van der Waals surface area contributed by atoms with E-state index in [1.54, 1.807) is 0 Å². The molecule has 1 aromatic carbocycles. The van der Waals surface area contributed by atoms with Crippen LogP contribution in [-0.2, 0) is 0 Å². The normalized spacial score (nSPS) is 13.3. The van der Waals surface area contributed by atoms with Crippen LogP contribution >= 0.6 is 0 Å². The largest absolute Gasteiger partial charge is 0.321 e. The van der Waals surface area contributed by atoms with Gasteiger partial charge in [-0.3, -0.25) is 0 Å². The van der Waals surface area contributed by atoms with Crippen molar-refractivity contribution in [3.05, 3.63) is 47.9 Å². The van der Waals surface area contributed by atoms with Gasteiger partial charge in [0.2, 0.25) is 0 Å². The second kappa shape index (κ2) is 5.10. The molecule has 100 valence electrons. The van der Waals surface area contributed by atoms with Gasteiger partial charge in [-0.2, -0.15) is 0 Å². The molecule has 2 rings (SSSR count). The first-order valence-electron chi connectivity index (χ1n) is 6.54. The van der Waals surface area contributed by atoms with E-state index in [0.29, 0.717) is 5.82 Å². The minimum Gasteiger partial charge on any atom is -0.321 e. The third-order valence-electron chi connectivity index (χ3n) is 3.15. The maximum atomic E-state index is 6.26. The molecule has 0 bridgehead atoms. The van der Waals surface area contributed by atoms with Crippen molar-refractivity contribution in [3.63, 3.8) is 0 Å². The average molecular weight is 255 g/mol. The number of aryl methyl sites for hydroxylation is 1. The summed E-state index contributed by atoms with van der Waals surface area (Å²) in [7, 11) is 0. The van der Waals surface area contributed by atoms with E-state index in [1.165, 1.54) is 0 Å². The quantitative estimate of drug-likeness (QED) is 0.893.